The molecular formula is C3H11NaO3S3Si. The molecule has 0 unspecified atom stereocenters. The molecule has 0 atom stereocenters. The molecule has 0 aromatic rings. The Morgan fingerprint density at radius 3 is 2.18 bits per heavy atom. The van der Waals surface area contributed by atoms with E-state index in [1.54, 1.807) is 0 Å². The average Bonchev–Trinajstić information content (AvgIpc) is 1.85. The monoisotopic (exact) mass is 242 g/mol. The Kier molecular flexibility index (Phi) is 10.1. The van der Waals surface area contributed by atoms with Crippen LogP contribution >= 0.6 is 25.3 Å². The maximum absolute atomic E-state index is 10.6. The first kappa shape index (κ1) is 15.3. The molecule has 11 heavy (non-hydrogen) atoms. The van der Waals surface area contributed by atoms with Crippen LogP contribution in [0, 0.1) is 0 Å². The van der Waals surface area contributed by atoms with Gasteiger partial charge in [-0.15, -0.1) is 0 Å². The molecule has 0 bridgehead atoms. The van der Waals surface area contributed by atoms with Gasteiger partial charge in [-0.05, 0) is 6.42 Å². The van der Waals surface area contributed by atoms with Crippen molar-refractivity contribution < 1.29 is 12.3 Å². The van der Waals surface area contributed by atoms with E-state index in [0.29, 0.717) is 6.42 Å². The molecule has 0 saturated heterocycles. The molecule has 0 aliphatic rings. The van der Waals surface area contributed by atoms with Crippen LogP contribution in [-0.2, 0) is 14.0 Å². The molecule has 0 aliphatic heterocycles. The summed E-state index contributed by atoms with van der Waals surface area (Å²) in [4.78, 5) is 0. The minimum atomic E-state index is -3.25. The second kappa shape index (κ2) is 7.25. The molecule has 0 radical (unpaired) electrons. The molecule has 3 nitrogen and oxygen atoms in total. The van der Waals surface area contributed by atoms with Crippen LogP contribution in [0.1, 0.15) is 6.42 Å². The summed E-state index contributed by atoms with van der Waals surface area (Å²) in [6.07, 6.45) is 0.413. The van der Waals surface area contributed by atoms with Gasteiger partial charge in [0, 0.05) is 4.58 Å². The van der Waals surface area contributed by atoms with E-state index in [9.17, 15) is 8.42 Å². The van der Waals surface area contributed by atoms with Gasteiger partial charge in [0.1, 0.15) is 0 Å². The number of hydrogen-bond donors (Lipinski definition) is 2. The van der Waals surface area contributed by atoms with Gasteiger partial charge in [0.05, 0.1) is 5.75 Å². The van der Waals surface area contributed by atoms with E-state index in [0.717, 1.165) is 0 Å². The van der Waals surface area contributed by atoms with Gasteiger partial charge in [-0.3, -0.25) is 0 Å². The van der Waals surface area contributed by atoms with Gasteiger partial charge >= 0.3 is 29.6 Å². The summed E-state index contributed by atoms with van der Waals surface area (Å²) < 4.78 is 25.4. The van der Waals surface area contributed by atoms with Crippen molar-refractivity contribution in [1.82, 2.24) is 0 Å². The first-order chi connectivity index (χ1) is 4.48. The molecular weight excluding hydrogens is 231 g/mol. The van der Waals surface area contributed by atoms with Crippen LogP contribution in [0.5, 0.6) is 0 Å². The second-order valence-corrected chi connectivity index (χ2v) is 6.21. The van der Waals surface area contributed by atoms with Crippen LogP contribution in [-0.4, -0.2) is 58.8 Å². The summed E-state index contributed by atoms with van der Waals surface area (Å²) in [5, 5.41) is 0. The average molecular weight is 242 g/mol. The SMILES string of the molecule is O=S(=O)(CCC(S)S)O[SiH3].[NaH]. The number of hydrogen-bond acceptors (Lipinski definition) is 5. The molecule has 64 valence electrons. The van der Waals surface area contributed by atoms with Crippen LogP contribution in [0.25, 0.3) is 0 Å². The molecule has 0 fully saturated rings. The van der Waals surface area contributed by atoms with E-state index in [1.165, 1.54) is 0 Å². The molecule has 0 heterocycles. The minimum absolute atomic E-state index is 0. The van der Waals surface area contributed by atoms with Crippen LogP contribution in [0.3, 0.4) is 0 Å². The Bertz CT molecular complexity index is 180. The molecule has 0 aliphatic carbocycles. The summed E-state index contributed by atoms with van der Waals surface area (Å²) in [6, 6.07) is 0. The van der Waals surface area contributed by atoms with Gasteiger partial charge in [-0.2, -0.15) is 25.3 Å². The molecule has 0 amide bonds. The van der Waals surface area contributed by atoms with E-state index >= 15 is 0 Å². The molecule has 0 rings (SSSR count). The van der Waals surface area contributed by atoms with Gasteiger partial charge in [0.15, 0.2) is 10.5 Å². The molecule has 0 aromatic heterocycles. The normalized spacial score (nSPS) is 11.5. The van der Waals surface area contributed by atoms with Crippen molar-refractivity contribution in [3.8, 4) is 0 Å². The molecule has 0 N–H and O–H groups in total. The molecule has 0 aromatic carbocycles. The van der Waals surface area contributed by atoms with Crippen LogP contribution in [0.2, 0.25) is 0 Å². The predicted molar refractivity (Wildman–Crippen MR) is 58.3 cm³/mol. The van der Waals surface area contributed by atoms with E-state index < -0.39 is 10.1 Å². The van der Waals surface area contributed by atoms with Crippen molar-refractivity contribution in [1.29, 1.82) is 0 Å². The van der Waals surface area contributed by atoms with Crippen molar-refractivity contribution >= 4 is 75.4 Å². The molecule has 0 saturated carbocycles. The Hall–Kier alpha value is 1.83. The van der Waals surface area contributed by atoms with Crippen LogP contribution in [0.4, 0.5) is 0 Å². The third kappa shape index (κ3) is 9.74. The van der Waals surface area contributed by atoms with Crippen molar-refractivity contribution in [2.45, 2.75) is 11.0 Å². The quantitative estimate of drug-likeness (QED) is 0.360. The Morgan fingerprint density at radius 1 is 1.45 bits per heavy atom. The van der Waals surface area contributed by atoms with Crippen molar-refractivity contribution in [2.24, 2.45) is 0 Å². The van der Waals surface area contributed by atoms with E-state index in [1.807, 2.05) is 0 Å². The Morgan fingerprint density at radius 2 is 1.91 bits per heavy atom. The predicted octanol–water partition coefficient (Wildman–Crippen LogP) is -1.46. The fourth-order valence-electron chi connectivity index (χ4n) is 0.333. The number of rotatable bonds is 4. The van der Waals surface area contributed by atoms with Gasteiger partial charge in [-0.25, -0.2) is 8.42 Å². The zero-order valence-electron chi connectivity index (χ0n) is 5.52. The van der Waals surface area contributed by atoms with Crippen molar-refractivity contribution in [3.05, 3.63) is 0 Å². The number of thiol groups is 2. The van der Waals surface area contributed by atoms with Gasteiger partial charge < -0.3 is 3.87 Å². The summed E-state index contributed by atoms with van der Waals surface area (Å²) in [5.74, 6) is 0.00810. The second-order valence-electron chi connectivity index (χ2n) is 1.70. The standard InChI is InChI=1S/C3H10O3S3Si.Na.H/c4-9(5,6-10)2-1-3(7)8;;/h3,7-8H,1-2H2,10H3;;. The Labute approximate surface area is 103 Å². The fourth-order valence-corrected chi connectivity index (χ4v) is 2.13. The third-order valence-electron chi connectivity index (χ3n) is 0.880. The first-order valence-electron chi connectivity index (χ1n) is 2.62. The zero-order chi connectivity index (χ0) is 8.20. The molecule has 0 spiro atoms. The summed E-state index contributed by atoms with van der Waals surface area (Å²) in [6.45, 7) is 0. The van der Waals surface area contributed by atoms with Crippen LogP contribution < -0.4 is 0 Å². The molecule has 8 heteroatoms. The van der Waals surface area contributed by atoms with E-state index in [4.69, 9.17) is 0 Å². The van der Waals surface area contributed by atoms with Gasteiger partial charge in [0.25, 0.3) is 10.1 Å². The van der Waals surface area contributed by atoms with E-state index in [2.05, 4.69) is 29.1 Å². The summed E-state index contributed by atoms with van der Waals surface area (Å²) in [7, 11) is -3.03. The van der Waals surface area contributed by atoms with Gasteiger partial charge in [0.2, 0.25) is 0 Å². The summed E-state index contributed by atoms with van der Waals surface area (Å²) in [5.41, 5.74) is 0. The maximum atomic E-state index is 10.6. The zero-order valence-corrected chi connectivity index (χ0v) is 10.1. The fraction of sp³-hybridized carbons (Fsp3) is 1.00. The van der Waals surface area contributed by atoms with Crippen molar-refractivity contribution in [3.63, 3.8) is 0 Å². The first-order valence-corrected chi connectivity index (χ1v) is 6.05. The van der Waals surface area contributed by atoms with Crippen molar-refractivity contribution in [2.75, 3.05) is 5.75 Å². The van der Waals surface area contributed by atoms with Crippen LogP contribution in [0.15, 0.2) is 0 Å². The van der Waals surface area contributed by atoms with Gasteiger partial charge in [-0.1, -0.05) is 0 Å². The topological polar surface area (TPSA) is 43.4 Å². The summed E-state index contributed by atoms with van der Waals surface area (Å²) >= 11 is 7.81. The van der Waals surface area contributed by atoms with E-state index in [-0.39, 0.29) is 50.4 Å². The third-order valence-corrected chi connectivity index (χ3v) is 4.16. The Balaban J connectivity index is 0.